The Labute approximate surface area is 87.5 Å². The molecule has 0 aliphatic carbocycles. The van der Waals surface area contributed by atoms with Gasteiger partial charge in [-0.1, -0.05) is 0 Å². The van der Waals surface area contributed by atoms with E-state index >= 15 is 0 Å². The Bertz CT molecular complexity index is 405. The van der Waals surface area contributed by atoms with Gasteiger partial charge in [0.25, 0.3) is 5.69 Å². The summed E-state index contributed by atoms with van der Waals surface area (Å²) >= 11 is 0. The molecule has 16 heavy (non-hydrogen) atoms. The highest BCUT2D eigenvalue weighted by Crippen LogP contribution is 2.30. The first-order valence-corrected chi connectivity index (χ1v) is 3.91. The molecule has 1 aromatic rings. The van der Waals surface area contributed by atoms with Crippen LogP contribution in [0.15, 0.2) is 18.2 Å². The highest BCUT2D eigenvalue weighted by Gasteiger charge is 2.32. The lowest BCUT2D eigenvalue weighted by atomic mass is 10.3. The molecule has 0 amide bonds. The van der Waals surface area contributed by atoms with Gasteiger partial charge in [0.05, 0.1) is 24.2 Å². The van der Waals surface area contributed by atoms with Crippen LogP contribution in [0.25, 0.3) is 0 Å². The van der Waals surface area contributed by atoms with Crippen LogP contribution in [0.1, 0.15) is 0 Å². The number of ether oxygens (including phenoxy) is 2. The van der Waals surface area contributed by atoms with Crippen molar-refractivity contribution in [1.82, 2.24) is 0 Å². The van der Waals surface area contributed by atoms with E-state index in [4.69, 9.17) is 0 Å². The molecule has 8 heteroatoms. The molecular formula is C8H6F3NO4. The maximum Gasteiger partial charge on any atom is 0.573 e. The quantitative estimate of drug-likeness (QED) is 0.598. The summed E-state index contributed by atoms with van der Waals surface area (Å²) < 4.78 is 43.8. The monoisotopic (exact) mass is 237 g/mol. The van der Waals surface area contributed by atoms with Crippen molar-refractivity contribution < 1.29 is 27.6 Å². The van der Waals surface area contributed by atoms with Crippen molar-refractivity contribution in [2.24, 2.45) is 0 Å². The third-order valence-corrected chi connectivity index (χ3v) is 1.54. The van der Waals surface area contributed by atoms with E-state index in [0.717, 1.165) is 12.1 Å². The van der Waals surface area contributed by atoms with Crippen molar-refractivity contribution in [2.75, 3.05) is 7.11 Å². The van der Waals surface area contributed by atoms with Crippen LogP contribution in [0.4, 0.5) is 18.9 Å². The van der Waals surface area contributed by atoms with Gasteiger partial charge in [0.2, 0.25) is 0 Å². The number of methoxy groups -OCH3 is 1. The Morgan fingerprint density at radius 1 is 1.25 bits per heavy atom. The summed E-state index contributed by atoms with van der Waals surface area (Å²) in [7, 11) is 1.18. The molecule has 0 heterocycles. The average Bonchev–Trinajstić information content (AvgIpc) is 2.14. The van der Waals surface area contributed by atoms with E-state index in [9.17, 15) is 23.3 Å². The van der Waals surface area contributed by atoms with E-state index in [0.29, 0.717) is 6.07 Å². The number of nitro benzene ring substituents is 1. The molecule has 0 aliphatic heterocycles. The van der Waals surface area contributed by atoms with Crippen LogP contribution in [0.5, 0.6) is 11.5 Å². The lowest BCUT2D eigenvalue weighted by molar-refractivity contribution is -0.385. The first kappa shape index (κ1) is 12.1. The second-order valence-corrected chi connectivity index (χ2v) is 2.67. The van der Waals surface area contributed by atoms with Gasteiger partial charge in [-0.25, -0.2) is 0 Å². The Kier molecular flexibility index (Phi) is 3.21. The van der Waals surface area contributed by atoms with Crippen molar-refractivity contribution in [3.8, 4) is 11.5 Å². The average molecular weight is 237 g/mol. The van der Waals surface area contributed by atoms with Gasteiger partial charge in [-0.15, -0.1) is 13.2 Å². The van der Waals surface area contributed by atoms with E-state index in [1.807, 2.05) is 0 Å². The number of rotatable bonds is 3. The van der Waals surface area contributed by atoms with Gasteiger partial charge in [0.15, 0.2) is 0 Å². The number of nitro groups is 1. The molecule has 0 fully saturated rings. The molecule has 0 aliphatic rings. The van der Waals surface area contributed by atoms with E-state index in [1.54, 1.807) is 0 Å². The minimum absolute atomic E-state index is 0.0894. The van der Waals surface area contributed by atoms with Crippen molar-refractivity contribution in [3.05, 3.63) is 28.3 Å². The zero-order valence-corrected chi connectivity index (χ0v) is 7.95. The lowest BCUT2D eigenvalue weighted by Crippen LogP contribution is -2.17. The smallest absolute Gasteiger partial charge is 0.496 e. The molecular weight excluding hydrogens is 231 g/mol. The summed E-state index contributed by atoms with van der Waals surface area (Å²) in [5.74, 6) is -0.785. The standard InChI is InChI=1S/C8H6F3NO4/c1-15-6-2-5(12(13)14)3-7(4-6)16-8(9,10)11/h2-4H,1H3. The Morgan fingerprint density at radius 2 is 1.81 bits per heavy atom. The molecule has 0 bridgehead atoms. The van der Waals surface area contributed by atoms with E-state index in [2.05, 4.69) is 9.47 Å². The molecule has 0 saturated heterocycles. The fraction of sp³-hybridized carbons (Fsp3) is 0.250. The van der Waals surface area contributed by atoms with E-state index in [1.165, 1.54) is 7.11 Å². The third-order valence-electron chi connectivity index (χ3n) is 1.54. The van der Waals surface area contributed by atoms with Gasteiger partial charge < -0.3 is 9.47 Å². The molecule has 1 aromatic carbocycles. The normalized spacial score (nSPS) is 11.0. The highest BCUT2D eigenvalue weighted by atomic mass is 19.4. The van der Waals surface area contributed by atoms with Gasteiger partial charge in [-0.3, -0.25) is 10.1 Å². The number of alkyl halides is 3. The third kappa shape index (κ3) is 3.30. The predicted molar refractivity (Wildman–Crippen MR) is 46.3 cm³/mol. The van der Waals surface area contributed by atoms with Gasteiger partial charge in [0, 0.05) is 6.07 Å². The summed E-state index contributed by atoms with van der Waals surface area (Å²) in [6.07, 6.45) is -4.90. The number of halogens is 3. The van der Waals surface area contributed by atoms with Crippen molar-refractivity contribution in [3.63, 3.8) is 0 Å². The molecule has 88 valence electrons. The summed E-state index contributed by atoms with van der Waals surface area (Å²) in [6, 6.07) is 2.56. The fourth-order valence-corrected chi connectivity index (χ4v) is 0.973. The highest BCUT2D eigenvalue weighted by molar-refractivity contribution is 5.46. The molecule has 0 spiro atoms. The number of nitrogens with zero attached hydrogens (tertiary/aromatic N) is 1. The molecule has 0 unspecified atom stereocenters. The number of hydrogen-bond acceptors (Lipinski definition) is 4. The molecule has 0 N–H and O–H groups in total. The zero-order valence-electron chi connectivity index (χ0n) is 7.95. The maximum atomic E-state index is 11.9. The van der Waals surface area contributed by atoms with Crippen LogP contribution in [-0.2, 0) is 0 Å². The minimum Gasteiger partial charge on any atom is -0.496 e. The fourth-order valence-electron chi connectivity index (χ4n) is 0.973. The van der Waals surface area contributed by atoms with Gasteiger partial charge in [-0.2, -0.15) is 0 Å². The number of benzene rings is 1. The Balaban J connectivity index is 3.09. The second kappa shape index (κ2) is 4.25. The largest absolute Gasteiger partial charge is 0.573 e. The van der Waals surface area contributed by atoms with Gasteiger partial charge in [-0.05, 0) is 0 Å². The van der Waals surface area contributed by atoms with Crippen LogP contribution in [0.2, 0.25) is 0 Å². The molecule has 0 atom stereocenters. The minimum atomic E-state index is -4.90. The first-order valence-electron chi connectivity index (χ1n) is 3.91. The zero-order chi connectivity index (χ0) is 12.3. The Morgan fingerprint density at radius 3 is 2.25 bits per heavy atom. The summed E-state index contributed by atoms with van der Waals surface area (Å²) in [4.78, 5) is 9.56. The number of non-ortho nitro benzene ring substituents is 1. The van der Waals surface area contributed by atoms with Gasteiger partial charge in [0.1, 0.15) is 11.5 Å². The number of hydrogen-bond donors (Lipinski definition) is 0. The summed E-state index contributed by atoms with van der Waals surface area (Å²) in [5, 5.41) is 10.4. The molecule has 0 saturated carbocycles. The van der Waals surface area contributed by atoms with Crippen LogP contribution in [-0.4, -0.2) is 18.4 Å². The maximum absolute atomic E-state index is 11.9. The Hall–Kier alpha value is -1.99. The molecule has 0 aromatic heterocycles. The van der Waals surface area contributed by atoms with Crippen LogP contribution >= 0.6 is 0 Å². The molecule has 0 radical (unpaired) electrons. The van der Waals surface area contributed by atoms with Gasteiger partial charge >= 0.3 is 6.36 Å². The van der Waals surface area contributed by atoms with Crippen LogP contribution < -0.4 is 9.47 Å². The topological polar surface area (TPSA) is 61.6 Å². The molecule has 5 nitrogen and oxygen atoms in total. The predicted octanol–water partition coefficient (Wildman–Crippen LogP) is 2.50. The first-order chi connectivity index (χ1) is 7.31. The van der Waals surface area contributed by atoms with E-state index in [-0.39, 0.29) is 5.75 Å². The summed E-state index contributed by atoms with van der Waals surface area (Å²) in [5.41, 5.74) is -0.543. The van der Waals surface area contributed by atoms with E-state index < -0.39 is 22.7 Å². The van der Waals surface area contributed by atoms with Crippen LogP contribution in [0, 0.1) is 10.1 Å². The summed E-state index contributed by atoms with van der Waals surface area (Å²) in [6.45, 7) is 0. The van der Waals surface area contributed by atoms with Crippen molar-refractivity contribution >= 4 is 5.69 Å². The van der Waals surface area contributed by atoms with Crippen molar-refractivity contribution in [1.29, 1.82) is 0 Å². The lowest BCUT2D eigenvalue weighted by Gasteiger charge is -2.09. The second-order valence-electron chi connectivity index (χ2n) is 2.67. The molecule has 1 rings (SSSR count). The van der Waals surface area contributed by atoms with Crippen molar-refractivity contribution in [2.45, 2.75) is 6.36 Å². The van der Waals surface area contributed by atoms with Crippen LogP contribution in [0.3, 0.4) is 0 Å². The SMILES string of the molecule is COc1cc(OC(F)(F)F)cc([N+](=O)[O-])c1.